The van der Waals surface area contributed by atoms with Crippen LogP contribution in [0.4, 0.5) is 5.69 Å². The Kier molecular flexibility index (Phi) is 6.42. The van der Waals surface area contributed by atoms with E-state index in [1.165, 1.54) is 28.7 Å². The van der Waals surface area contributed by atoms with E-state index in [1.54, 1.807) is 18.2 Å². The zero-order chi connectivity index (χ0) is 18.2. The summed E-state index contributed by atoms with van der Waals surface area (Å²) in [7, 11) is 4.16. The second kappa shape index (κ2) is 8.75. The minimum Gasteiger partial charge on any atom is -0.348 e. The van der Waals surface area contributed by atoms with Crippen molar-refractivity contribution < 1.29 is 14.6 Å². The van der Waals surface area contributed by atoms with Crippen molar-refractivity contribution >= 4 is 17.7 Å². The van der Waals surface area contributed by atoms with E-state index in [0.717, 1.165) is 12.1 Å². The van der Waals surface area contributed by atoms with Crippen molar-refractivity contribution in [1.82, 2.24) is 5.32 Å². The molecule has 2 N–H and O–H groups in total. The average Bonchev–Trinajstić information content (AvgIpc) is 2.59. The van der Waals surface area contributed by atoms with Crippen LogP contribution in [0.25, 0.3) is 6.08 Å². The summed E-state index contributed by atoms with van der Waals surface area (Å²) in [6, 6.07) is 14.2. The fourth-order valence-electron chi connectivity index (χ4n) is 2.44. The number of amides is 1. The standard InChI is InChI=1S/C19H21N3O3/c1-21(2)14-17-8-4-3-7-16(17)13-20-19(23)11-10-15-6-5-9-18(12-15)22(24)25/h3-12H,13-14H2,1-2H3,(H,20,23)/p+1/b11-10+. The van der Waals surface area contributed by atoms with Crippen molar-refractivity contribution in [1.29, 1.82) is 0 Å². The molecule has 0 aromatic heterocycles. The highest BCUT2D eigenvalue weighted by atomic mass is 16.6. The number of quaternary nitrogens is 1. The summed E-state index contributed by atoms with van der Waals surface area (Å²) in [5, 5.41) is 13.6. The lowest BCUT2D eigenvalue weighted by atomic mass is 10.1. The van der Waals surface area contributed by atoms with Gasteiger partial charge in [0, 0.05) is 30.3 Å². The predicted molar refractivity (Wildman–Crippen MR) is 96.9 cm³/mol. The SMILES string of the molecule is C[NH+](C)Cc1ccccc1CNC(=O)/C=C/c1cccc([N+](=O)[O-])c1. The van der Waals surface area contributed by atoms with Crippen LogP contribution in [0.5, 0.6) is 0 Å². The summed E-state index contributed by atoms with van der Waals surface area (Å²) >= 11 is 0. The summed E-state index contributed by atoms with van der Waals surface area (Å²) in [4.78, 5) is 23.6. The van der Waals surface area contributed by atoms with Crippen molar-refractivity contribution in [2.24, 2.45) is 0 Å². The first kappa shape index (κ1) is 18.4. The third-order valence-corrected chi connectivity index (χ3v) is 3.62. The molecule has 2 rings (SSSR count). The van der Waals surface area contributed by atoms with Gasteiger partial charge in [-0.15, -0.1) is 0 Å². The van der Waals surface area contributed by atoms with Gasteiger partial charge in [-0.25, -0.2) is 0 Å². The molecular weight excluding hydrogens is 318 g/mol. The molecule has 25 heavy (non-hydrogen) atoms. The maximum atomic E-state index is 12.0. The number of nitrogens with one attached hydrogen (secondary N) is 2. The van der Waals surface area contributed by atoms with E-state index >= 15 is 0 Å². The van der Waals surface area contributed by atoms with Gasteiger partial charge in [0.2, 0.25) is 5.91 Å². The number of hydrogen-bond acceptors (Lipinski definition) is 3. The molecule has 0 aliphatic rings. The van der Waals surface area contributed by atoms with Gasteiger partial charge < -0.3 is 10.2 Å². The normalized spacial score (nSPS) is 11.0. The zero-order valence-electron chi connectivity index (χ0n) is 14.4. The molecular formula is C19H22N3O3+. The van der Waals surface area contributed by atoms with E-state index in [-0.39, 0.29) is 11.6 Å². The van der Waals surface area contributed by atoms with Crippen LogP contribution in [0.2, 0.25) is 0 Å². The Hall–Kier alpha value is -2.99. The van der Waals surface area contributed by atoms with Crippen molar-refractivity contribution in [2.45, 2.75) is 13.1 Å². The van der Waals surface area contributed by atoms with Crippen molar-refractivity contribution in [3.05, 3.63) is 81.4 Å². The minimum absolute atomic E-state index is 0.00247. The molecule has 0 spiro atoms. The molecule has 6 nitrogen and oxygen atoms in total. The maximum Gasteiger partial charge on any atom is 0.270 e. The number of nitrogens with zero attached hydrogens (tertiary/aromatic N) is 1. The Morgan fingerprint density at radius 1 is 1.16 bits per heavy atom. The second-order valence-electron chi connectivity index (χ2n) is 6.06. The van der Waals surface area contributed by atoms with Crippen molar-refractivity contribution in [2.75, 3.05) is 14.1 Å². The molecule has 6 heteroatoms. The molecule has 0 bridgehead atoms. The van der Waals surface area contributed by atoms with E-state index in [1.807, 2.05) is 18.2 Å². The predicted octanol–water partition coefficient (Wildman–Crippen LogP) is 1.57. The van der Waals surface area contributed by atoms with Gasteiger partial charge in [0.25, 0.3) is 5.69 Å². The third kappa shape index (κ3) is 5.86. The monoisotopic (exact) mass is 340 g/mol. The number of hydrogen-bond donors (Lipinski definition) is 2. The largest absolute Gasteiger partial charge is 0.348 e. The Balaban J connectivity index is 1.97. The van der Waals surface area contributed by atoms with Crippen LogP contribution in [0.15, 0.2) is 54.6 Å². The maximum absolute atomic E-state index is 12.0. The lowest BCUT2D eigenvalue weighted by Gasteiger charge is -2.12. The van der Waals surface area contributed by atoms with E-state index in [0.29, 0.717) is 12.1 Å². The highest BCUT2D eigenvalue weighted by Gasteiger charge is 2.07. The molecule has 0 heterocycles. The van der Waals surface area contributed by atoms with Gasteiger partial charge in [-0.05, 0) is 17.2 Å². The lowest BCUT2D eigenvalue weighted by Crippen LogP contribution is -3.04. The number of nitro benzene ring substituents is 1. The van der Waals surface area contributed by atoms with Gasteiger partial charge >= 0.3 is 0 Å². The highest BCUT2D eigenvalue weighted by Crippen LogP contribution is 2.14. The molecule has 0 aliphatic heterocycles. The summed E-state index contributed by atoms with van der Waals surface area (Å²) in [6.45, 7) is 1.33. The number of rotatable bonds is 7. The second-order valence-corrected chi connectivity index (χ2v) is 6.06. The Morgan fingerprint density at radius 2 is 1.88 bits per heavy atom. The first-order valence-corrected chi connectivity index (χ1v) is 8.02. The number of carbonyl (C=O) groups excluding carboxylic acids is 1. The molecule has 0 saturated carbocycles. The molecule has 0 radical (unpaired) electrons. The molecule has 130 valence electrons. The minimum atomic E-state index is -0.457. The van der Waals surface area contributed by atoms with Gasteiger partial charge in [-0.1, -0.05) is 36.4 Å². The lowest BCUT2D eigenvalue weighted by molar-refractivity contribution is -0.872. The summed E-state index contributed by atoms with van der Waals surface area (Å²) in [6.07, 6.45) is 2.96. The van der Waals surface area contributed by atoms with E-state index < -0.39 is 4.92 Å². The third-order valence-electron chi connectivity index (χ3n) is 3.62. The zero-order valence-corrected chi connectivity index (χ0v) is 14.4. The summed E-state index contributed by atoms with van der Waals surface area (Å²) in [5.41, 5.74) is 2.90. The molecule has 2 aromatic carbocycles. The molecule has 1 amide bonds. The Labute approximate surface area is 146 Å². The van der Waals surface area contributed by atoms with Crippen LogP contribution in [-0.2, 0) is 17.9 Å². The van der Waals surface area contributed by atoms with Crippen LogP contribution in [-0.4, -0.2) is 24.9 Å². The van der Waals surface area contributed by atoms with Crippen LogP contribution in [0.3, 0.4) is 0 Å². The highest BCUT2D eigenvalue weighted by molar-refractivity contribution is 5.91. The summed E-state index contributed by atoms with van der Waals surface area (Å²) in [5.74, 6) is -0.237. The smallest absolute Gasteiger partial charge is 0.270 e. The van der Waals surface area contributed by atoms with Crippen molar-refractivity contribution in [3.63, 3.8) is 0 Å². The fourth-order valence-corrected chi connectivity index (χ4v) is 2.44. The first-order chi connectivity index (χ1) is 12.0. The topological polar surface area (TPSA) is 76.7 Å². The molecule has 0 unspecified atom stereocenters. The van der Waals surface area contributed by atoms with Gasteiger partial charge in [0.1, 0.15) is 6.54 Å². The number of benzene rings is 2. The van der Waals surface area contributed by atoms with Crippen LogP contribution < -0.4 is 10.2 Å². The first-order valence-electron chi connectivity index (χ1n) is 8.02. The number of carbonyl (C=O) groups is 1. The number of nitro groups is 1. The van der Waals surface area contributed by atoms with Crippen LogP contribution in [0, 0.1) is 10.1 Å². The van der Waals surface area contributed by atoms with Gasteiger partial charge in [-0.3, -0.25) is 14.9 Å². The fraction of sp³-hybridized carbons (Fsp3) is 0.211. The van der Waals surface area contributed by atoms with Crippen LogP contribution in [0.1, 0.15) is 16.7 Å². The van der Waals surface area contributed by atoms with E-state index in [4.69, 9.17) is 0 Å². The van der Waals surface area contributed by atoms with Crippen LogP contribution >= 0.6 is 0 Å². The Morgan fingerprint density at radius 3 is 2.56 bits per heavy atom. The quantitative estimate of drug-likeness (QED) is 0.456. The molecule has 0 saturated heterocycles. The molecule has 0 fully saturated rings. The van der Waals surface area contributed by atoms with E-state index in [2.05, 4.69) is 25.5 Å². The van der Waals surface area contributed by atoms with Gasteiger partial charge in [-0.2, -0.15) is 0 Å². The molecule has 2 aromatic rings. The molecule has 0 aliphatic carbocycles. The molecule has 0 atom stereocenters. The number of non-ortho nitro benzene ring substituents is 1. The Bertz CT molecular complexity index is 785. The van der Waals surface area contributed by atoms with Crippen molar-refractivity contribution in [3.8, 4) is 0 Å². The average molecular weight is 340 g/mol. The van der Waals surface area contributed by atoms with E-state index in [9.17, 15) is 14.9 Å². The van der Waals surface area contributed by atoms with Gasteiger partial charge in [0.05, 0.1) is 19.0 Å². The summed E-state index contributed by atoms with van der Waals surface area (Å²) < 4.78 is 0. The van der Waals surface area contributed by atoms with Gasteiger partial charge in [0.15, 0.2) is 0 Å².